The Kier molecular flexibility index (Phi) is 5.64. The van der Waals surface area contributed by atoms with Crippen molar-refractivity contribution < 1.29 is 9.59 Å². The maximum absolute atomic E-state index is 13.0. The summed E-state index contributed by atoms with van der Waals surface area (Å²) in [7, 11) is 2.84. The van der Waals surface area contributed by atoms with Crippen LogP contribution in [0.4, 0.5) is 0 Å². The van der Waals surface area contributed by atoms with Gasteiger partial charge >= 0.3 is 5.56 Å². The number of Topliss-reactive ketones (excluding diaryl/α,β-unsaturated/α-hetero) is 1. The molecule has 1 aromatic heterocycles. The lowest BCUT2D eigenvalue weighted by atomic mass is 9.88. The Morgan fingerprint density at radius 3 is 2.61 bits per heavy atom. The molecule has 0 aliphatic carbocycles. The number of thioether (sulfide) groups is 1. The Morgan fingerprint density at radius 1 is 1.14 bits per heavy atom. The van der Waals surface area contributed by atoms with E-state index in [4.69, 9.17) is 0 Å². The van der Waals surface area contributed by atoms with Crippen molar-refractivity contribution >= 4 is 29.2 Å². The highest BCUT2D eigenvalue weighted by Gasteiger charge is 2.30. The smallest absolute Gasteiger partial charge is 0.302 e. The van der Waals surface area contributed by atoms with Crippen LogP contribution < -0.4 is 11.0 Å². The Labute approximate surface area is 165 Å². The van der Waals surface area contributed by atoms with E-state index in [9.17, 15) is 19.2 Å². The predicted octanol–water partition coefficient (Wildman–Crippen LogP) is 1.10. The molecule has 2 aromatic rings. The number of hydrazone groups is 1. The van der Waals surface area contributed by atoms with Crippen molar-refractivity contribution in [3.63, 3.8) is 0 Å². The van der Waals surface area contributed by atoms with Gasteiger partial charge in [-0.05, 0) is 24.0 Å². The van der Waals surface area contributed by atoms with E-state index in [1.54, 1.807) is 11.8 Å². The summed E-state index contributed by atoms with van der Waals surface area (Å²) in [6, 6.07) is 7.69. The van der Waals surface area contributed by atoms with Gasteiger partial charge in [0.2, 0.25) is 5.91 Å². The minimum atomic E-state index is -0.837. The Balaban J connectivity index is 2.06. The zero-order valence-electron chi connectivity index (χ0n) is 15.8. The van der Waals surface area contributed by atoms with Gasteiger partial charge in [-0.25, -0.2) is 5.01 Å². The largest absolute Gasteiger partial charge is 0.313 e. The van der Waals surface area contributed by atoms with E-state index in [2.05, 4.69) is 10.2 Å². The maximum atomic E-state index is 13.0. The number of amides is 1. The second-order valence-electron chi connectivity index (χ2n) is 6.55. The number of carbonyl (C=O) groups is 2. The number of carbonyl (C=O) groups excluding carboxylic acids is 2. The van der Waals surface area contributed by atoms with Crippen molar-refractivity contribution in [1.82, 2.24) is 14.8 Å². The third-order valence-electron chi connectivity index (χ3n) is 4.69. The molecule has 1 amide bonds. The molecule has 1 unspecified atom stereocenters. The molecule has 8 nitrogen and oxygen atoms in total. The van der Waals surface area contributed by atoms with Gasteiger partial charge in [0.1, 0.15) is 5.71 Å². The summed E-state index contributed by atoms with van der Waals surface area (Å²) in [5.74, 6) is -1.01. The molecular formula is C19H20N4O4S. The molecule has 28 heavy (non-hydrogen) atoms. The van der Waals surface area contributed by atoms with Crippen LogP contribution in [-0.2, 0) is 16.6 Å². The number of hydrogen-bond acceptors (Lipinski definition) is 6. The molecule has 1 aliphatic heterocycles. The van der Waals surface area contributed by atoms with E-state index in [-0.39, 0.29) is 35.9 Å². The number of nitrogens with zero attached hydrogens (tertiary/aromatic N) is 3. The number of aromatic amines is 1. The van der Waals surface area contributed by atoms with Gasteiger partial charge in [0.05, 0.1) is 5.56 Å². The number of aromatic nitrogens is 2. The summed E-state index contributed by atoms with van der Waals surface area (Å²) >= 11 is 1.57. The zero-order valence-corrected chi connectivity index (χ0v) is 16.6. The number of nitrogens with one attached hydrogen (secondary N) is 1. The summed E-state index contributed by atoms with van der Waals surface area (Å²) in [6.07, 6.45) is 3.37. The van der Waals surface area contributed by atoms with E-state index in [0.717, 1.165) is 20.1 Å². The first-order valence-electron chi connectivity index (χ1n) is 8.63. The molecular weight excluding hydrogens is 380 g/mol. The fourth-order valence-electron chi connectivity index (χ4n) is 3.06. The van der Waals surface area contributed by atoms with Crippen LogP contribution in [0.25, 0.3) is 0 Å². The fraction of sp³-hybridized carbons (Fsp3) is 0.316. The van der Waals surface area contributed by atoms with Crippen molar-refractivity contribution in [1.29, 1.82) is 0 Å². The van der Waals surface area contributed by atoms with Gasteiger partial charge in [0.15, 0.2) is 5.78 Å². The van der Waals surface area contributed by atoms with E-state index >= 15 is 0 Å². The van der Waals surface area contributed by atoms with Gasteiger partial charge in [-0.1, -0.05) is 12.1 Å². The lowest BCUT2D eigenvalue weighted by Gasteiger charge is -2.23. The third-order valence-corrected chi connectivity index (χ3v) is 5.42. The molecule has 146 valence electrons. The molecule has 0 fully saturated rings. The van der Waals surface area contributed by atoms with E-state index in [1.807, 2.05) is 30.5 Å². The Bertz CT molecular complexity index is 1090. The summed E-state index contributed by atoms with van der Waals surface area (Å²) < 4.78 is 1.02. The monoisotopic (exact) mass is 400 g/mol. The summed E-state index contributed by atoms with van der Waals surface area (Å²) in [5.41, 5.74) is -1.07. The summed E-state index contributed by atoms with van der Waals surface area (Å²) in [5, 5.41) is 7.72. The lowest BCUT2D eigenvalue weighted by molar-refractivity contribution is -0.130. The van der Waals surface area contributed by atoms with Crippen LogP contribution in [-0.4, -0.2) is 45.5 Å². The third kappa shape index (κ3) is 3.84. The van der Waals surface area contributed by atoms with E-state index in [0.29, 0.717) is 0 Å². The fourth-order valence-corrected chi connectivity index (χ4v) is 3.53. The molecule has 2 heterocycles. The zero-order chi connectivity index (χ0) is 20.4. The predicted molar refractivity (Wildman–Crippen MR) is 107 cm³/mol. The molecule has 1 atom stereocenters. The first-order valence-corrected chi connectivity index (χ1v) is 9.85. The average molecular weight is 400 g/mol. The molecule has 0 bridgehead atoms. The highest BCUT2D eigenvalue weighted by atomic mass is 32.2. The van der Waals surface area contributed by atoms with Crippen LogP contribution in [0.1, 0.15) is 29.9 Å². The molecule has 1 aromatic carbocycles. The molecule has 3 rings (SSSR count). The highest BCUT2D eigenvalue weighted by Crippen LogP contribution is 2.29. The number of aryl methyl sites for hydroxylation is 1. The van der Waals surface area contributed by atoms with Crippen LogP contribution in [0.15, 0.2) is 50.0 Å². The minimum absolute atomic E-state index is 0.0187. The van der Waals surface area contributed by atoms with Gasteiger partial charge < -0.3 is 5.10 Å². The van der Waals surface area contributed by atoms with Crippen molar-refractivity contribution in [2.45, 2.75) is 23.7 Å². The summed E-state index contributed by atoms with van der Waals surface area (Å²) in [6.45, 7) is 0. The van der Waals surface area contributed by atoms with Gasteiger partial charge in [-0.15, -0.1) is 11.8 Å². The quantitative estimate of drug-likeness (QED) is 0.614. The van der Waals surface area contributed by atoms with Crippen LogP contribution in [0.5, 0.6) is 0 Å². The van der Waals surface area contributed by atoms with Crippen LogP contribution >= 0.6 is 11.8 Å². The SMILES string of the molecule is CSc1cccc(C2CC(=O)C(c3c[nH]n(C)c(=O)c3=O)=NN(C)C(=O)C2)c1. The average Bonchev–Trinajstić information content (AvgIpc) is 2.69. The van der Waals surface area contributed by atoms with Gasteiger partial charge in [0.25, 0.3) is 5.43 Å². The van der Waals surface area contributed by atoms with Crippen molar-refractivity contribution in [3.05, 3.63) is 62.2 Å². The number of H-pyrrole nitrogens is 1. The number of rotatable bonds is 3. The number of ketones is 1. The second-order valence-corrected chi connectivity index (χ2v) is 7.43. The second kappa shape index (κ2) is 7.97. The lowest BCUT2D eigenvalue weighted by Crippen LogP contribution is -2.41. The minimum Gasteiger partial charge on any atom is -0.302 e. The van der Waals surface area contributed by atoms with E-state index in [1.165, 1.54) is 20.3 Å². The van der Waals surface area contributed by atoms with E-state index < -0.39 is 16.8 Å². The number of hydrogen-bond donors (Lipinski definition) is 1. The molecule has 0 saturated heterocycles. The standard InChI is InChI=1S/C19H20N4O4S/c1-22-16(25)9-12(11-5-4-6-13(7-11)28-3)8-15(24)17(21-22)14-10-20-23(2)19(27)18(14)26/h4-7,10,12,20H,8-9H2,1-3H3. The molecule has 0 saturated carbocycles. The van der Waals surface area contributed by atoms with Gasteiger partial charge in [-0.2, -0.15) is 5.10 Å². The molecule has 1 aliphatic rings. The van der Waals surface area contributed by atoms with Crippen molar-refractivity contribution in [3.8, 4) is 0 Å². The highest BCUT2D eigenvalue weighted by molar-refractivity contribution is 7.98. The summed E-state index contributed by atoms with van der Waals surface area (Å²) in [4.78, 5) is 50.9. The molecule has 0 radical (unpaired) electrons. The van der Waals surface area contributed by atoms with Crippen molar-refractivity contribution in [2.24, 2.45) is 12.1 Å². The maximum Gasteiger partial charge on any atom is 0.313 e. The molecule has 0 spiro atoms. The topological polar surface area (TPSA) is 105 Å². The van der Waals surface area contributed by atoms with Gasteiger partial charge in [-0.3, -0.25) is 23.9 Å². The van der Waals surface area contributed by atoms with Crippen molar-refractivity contribution in [2.75, 3.05) is 13.3 Å². The number of benzene rings is 1. The van der Waals surface area contributed by atoms with Crippen LogP contribution in [0, 0.1) is 0 Å². The molecule has 9 heteroatoms. The van der Waals surface area contributed by atoms with Crippen LogP contribution in [0.3, 0.4) is 0 Å². The van der Waals surface area contributed by atoms with Crippen LogP contribution in [0.2, 0.25) is 0 Å². The van der Waals surface area contributed by atoms with Gasteiger partial charge in [0, 0.05) is 43.9 Å². The first-order chi connectivity index (χ1) is 13.3. The first kappa shape index (κ1) is 19.8. The molecule has 1 N–H and O–H groups in total. The Morgan fingerprint density at radius 2 is 1.89 bits per heavy atom. The Hall–Kier alpha value is -2.94. The normalized spacial score (nSPS) is 17.9.